The van der Waals surface area contributed by atoms with Crippen molar-refractivity contribution in [2.45, 2.75) is 25.8 Å². The molecule has 1 aromatic carbocycles. The van der Waals surface area contributed by atoms with E-state index in [1.54, 1.807) is 18.4 Å². The molecule has 0 saturated heterocycles. The zero-order valence-corrected chi connectivity index (χ0v) is 12.6. The smallest absolute Gasteiger partial charge is 0.122 e. The van der Waals surface area contributed by atoms with Gasteiger partial charge in [-0.15, -0.1) is 0 Å². The average molecular weight is 275 g/mol. The Morgan fingerprint density at radius 1 is 1.32 bits per heavy atom. The molecule has 1 unspecified atom stereocenters. The SMILES string of the molecule is CNC(CCc1ccsc1)c1ccc(C)c(OC)c1. The van der Waals surface area contributed by atoms with Gasteiger partial charge in [0.25, 0.3) is 0 Å². The molecule has 1 N–H and O–H groups in total. The molecule has 0 aliphatic rings. The summed E-state index contributed by atoms with van der Waals surface area (Å²) in [6, 6.07) is 9.03. The van der Waals surface area contributed by atoms with E-state index in [4.69, 9.17) is 4.74 Å². The first-order chi connectivity index (χ1) is 9.24. The standard InChI is InChI=1S/C16H21NOS/c1-12-4-6-14(10-16(12)18-3)15(17-2)7-5-13-8-9-19-11-13/h4,6,8-11,15,17H,5,7H2,1-3H3. The normalized spacial score (nSPS) is 12.4. The van der Waals surface area contributed by atoms with E-state index in [9.17, 15) is 0 Å². The van der Waals surface area contributed by atoms with Gasteiger partial charge in [0.05, 0.1) is 7.11 Å². The van der Waals surface area contributed by atoms with E-state index in [0.29, 0.717) is 6.04 Å². The maximum absolute atomic E-state index is 5.40. The van der Waals surface area contributed by atoms with Crippen molar-refractivity contribution in [1.29, 1.82) is 0 Å². The fourth-order valence-electron chi connectivity index (χ4n) is 2.28. The summed E-state index contributed by atoms with van der Waals surface area (Å²) in [5.41, 5.74) is 3.89. The number of benzene rings is 1. The third-order valence-corrected chi connectivity index (χ3v) is 4.22. The number of hydrogen-bond donors (Lipinski definition) is 1. The Labute approximate surface area is 119 Å². The predicted molar refractivity (Wildman–Crippen MR) is 82.2 cm³/mol. The molecule has 1 atom stereocenters. The first-order valence-corrected chi connectivity index (χ1v) is 7.51. The summed E-state index contributed by atoms with van der Waals surface area (Å²) in [7, 11) is 3.75. The Balaban J connectivity index is 2.08. The van der Waals surface area contributed by atoms with E-state index < -0.39 is 0 Å². The molecule has 0 aliphatic carbocycles. The van der Waals surface area contributed by atoms with Gasteiger partial charge in [0, 0.05) is 6.04 Å². The van der Waals surface area contributed by atoms with Crippen molar-refractivity contribution in [3.05, 3.63) is 51.7 Å². The third-order valence-electron chi connectivity index (χ3n) is 3.48. The van der Waals surface area contributed by atoms with Crippen molar-refractivity contribution in [3.8, 4) is 5.75 Å². The number of rotatable bonds is 6. The van der Waals surface area contributed by atoms with Crippen LogP contribution >= 0.6 is 11.3 Å². The third kappa shape index (κ3) is 3.58. The van der Waals surface area contributed by atoms with Crippen LogP contribution < -0.4 is 10.1 Å². The van der Waals surface area contributed by atoms with Crippen LogP contribution in [0.2, 0.25) is 0 Å². The molecule has 0 spiro atoms. The summed E-state index contributed by atoms with van der Waals surface area (Å²) in [5, 5.41) is 7.76. The molecule has 0 aliphatic heterocycles. The maximum atomic E-state index is 5.40. The number of ether oxygens (including phenoxy) is 1. The molecule has 2 nitrogen and oxygen atoms in total. The molecule has 2 aromatic rings. The van der Waals surface area contributed by atoms with Crippen LogP contribution in [0.3, 0.4) is 0 Å². The van der Waals surface area contributed by atoms with Gasteiger partial charge in [-0.2, -0.15) is 11.3 Å². The van der Waals surface area contributed by atoms with Crippen molar-refractivity contribution < 1.29 is 4.74 Å². The second kappa shape index (κ2) is 6.73. The maximum Gasteiger partial charge on any atom is 0.122 e. The quantitative estimate of drug-likeness (QED) is 0.861. The molecule has 1 aromatic heterocycles. The minimum absolute atomic E-state index is 0.370. The first kappa shape index (κ1) is 14.1. The van der Waals surface area contributed by atoms with Crippen LogP contribution in [0, 0.1) is 6.92 Å². The Morgan fingerprint density at radius 2 is 2.16 bits per heavy atom. The Kier molecular flexibility index (Phi) is 5.00. The highest BCUT2D eigenvalue weighted by Gasteiger charge is 2.11. The molecular weight excluding hydrogens is 254 g/mol. The molecule has 1 heterocycles. The Hall–Kier alpha value is -1.32. The molecule has 19 heavy (non-hydrogen) atoms. The van der Waals surface area contributed by atoms with Crippen molar-refractivity contribution in [2.75, 3.05) is 14.2 Å². The molecule has 0 saturated carbocycles. The van der Waals surface area contributed by atoms with Crippen LogP contribution in [-0.2, 0) is 6.42 Å². The molecule has 0 amide bonds. The number of methoxy groups -OCH3 is 1. The van der Waals surface area contributed by atoms with Crippen LogP contribution in [0.1, 0.15) is 29.2 Å². The molecule has 0 fully saturated rings. The highest BCUT2D eigenvalue weighted by molar-refractivity contribution is 7.07. The molecule has 3 heteroatoms. The van der Waals surface area contributed by atoms with Crippen molar-refractivity contribution in [3.63, 3.8) is 0 Å². The number of aryl methyl sites for hydroxylation is 2. The summed E-state index contributed by atoms with van der Waals surface area (Å²) in [5.74, 6) is 0.966. The largest absolute Gasteiger partial charge is 0.496 e. The van der Waals surface area contributed by atoms with Gasteiger partial charge in [0.2, 0.25) is 0 Å². The van der Waals surface area contributed by atoms with Gasteiger partial charge in [-0.05, 0) is 66.4 Å². The Bertz CT molecular complexity index is 507. The zero-order valence-electron chi connectivity index (χ0n) is 11.8. The minimum atomic E-state index is 0.370. The minimum Gasteiger partial charge on any atom is -0.496 e. The zero-order chi connectivity index (χ0) is 13.7. The molecule has 0 bridgehead atoms. The van der Waals surface area contributed by atoms with Gasteiger partial charge in [0.15, 0.2) is 0 Å². The van der Waals surface area contributed by atoms with Gasteiger partial charge < -0.3 is 10.1 Å². The lowest BCUT2D eigenvalue weighted by Gasteiger charge is -2.18. The highest BCUT2D eigenvalue weighted by atomic mass is 32.1. The summed E-state index contributed by atoms with van der Waals surface area (Å²) in [6.45, 7) is 2.07. The van der Waals surface area contributed by atoms with Crippen molar-refractivity contribution in [1.82, 2.24) is 5.32 Å². The van der Waals surface area contributed by atoms with E-state index in [1.807, 2.05) is 7.05 Å². The summed E-state index contributed by atoms with van der Waals surface area (Å²) >= 11 is 1.76. The number of thiophene rings is 1. The van der Waals surface area contributed by atoms with E-state index in [2.05, 4.69) is 47.3 Å². The fraction of sp³-hybridized carbons (Fsp3) is 0.375. The lowest BCUT2D eigenvalue weighted by atomic mass is 9.99. The molecule has 2 rings (SSSR count). The summed E-state index contributed by atoms with van der Waals surface area (Å²) < 4.78 is 5.40. The number of nitrogens with one attached hydrogen (secondary N) is 1. The van der Waals surface area contributed by atoms with E-state index >= 15 is 0 Å². The van der Waals surface area contributed by atoms with Crippen LogP contribution in [0.5, 0.6) is 5.75 Å². The van der Waals surface area contributed by atoms with E-state index in [0.717, 1.165) is 18.6 Å². The van der Waals surface area contributed by atoms with Gasteiger partial charge in [0.1, 0.15) is 5.75 Å². The van der Waals surface area contributed by atoms with Crippen LogP contribution in [0.25, 0.3) is 0 Å². The van der Waals surface area contributed by atoms with E-state index in [-0.39, 0.29) is 0 Å². The van der Waals surface area contributed by atoms with Crippen molar-refractivity contribution in [2.24, 2.45) is 0 Å². The van der Waals surface area contributed by atoms with Crippen molar-refractivity contribution >= 4 is 11.3 Å². The lowest BCUT2D eigenvalue weighted by Crippen LogP contribution is -2.17. The first-order valence-electron chi connectivity index (χ1n) is 6.57. The van der Waals surface area contributed by atoms with Crippen LogP contribution in [-0.4, -0.2) is 14.2 Å². The Morgan fingerprint density at radius 3 is 2.79 bits per heavy atom. The van der Waals surface area contributed by atoms with Gasteiger partial charge in [-0.1, -0.05) is 12.1 Å². The average Bonchev–Trinajstić information content (AvgIpc) is 2.94. The van der Waals surface area contributed by atoms with E-state index in [1.165, 1.54) is 16.7 Å². The highest BCUT2D eigenvalue weighted by Crippen LogP contribution is 2.26. The lowest BCUT2D eigenvalue weighted by molar-refractivity contribution is 0.410. The summed E-state index contributed by atoms with van der Waals surface area (Å²) in [4.78, 5) is 0. The predicted octanol–water partition coefficient (Wildman–Crippen LogP) is 3.96. The van der Waals surface area contributed by atoms with Gasteiger partial charge in [-0.3, -0.25) is 0 Å². The topological polar surface area (TPSA) is 21.3 Å². The monoisotopic (exact) mass is 275 g/mol. The molecule has 0 radical (unpaired) electrons. The van der Waals surface area contributed by atoms with Crippen LogP contribution in [0.15, 0.2) is 35.0 Å². The number of hydrogen-bond acceptors (Lipinski definition) is 3. The summed E-state index contributed by atoms with van der Waals surface area (Å²) in [6.07, 6.45) is 2.20. The second-order valence-corrected chi connectivity index (χ2v) is 5.52. The second-order valence-electron chi connectivity index (χ2n) is 4.74. The molecule has 102 valence electrons. The van der Waals surface area contributed by atoms with Gasteiger partial charge in [-0.25, -0.2) is 0 Å². The van der Waals surface area contributed by atoms with Crippen LogP contribution in [0.4, 0.5) is 0 Å². The van der Waals surface area contributed by atoms with Gasteiger partial charge >= 0.3 is 0 Å². The molecular formula is C16H21NOS. The fourth-order valence-corrected chi connectivity index (χ4v) is 2.98.